The van der Waals surface area contributed by atoms with Gasteiger partial charge in [-0.25, -0.2) is 9.97 Å². The molecule has 0 saturated carbocycles. The maximum absolute atomic E-state index is 4.84. The highest BCUT2D eigenvalue weighted by Gasteiger charge is 2.27. The van der Waals surface area contributed by atoms with Gasteiger partial charge < -0.3 is 10.2 Å². The molecule has 0 spiro atoms. The van der Waals surface area contributed by atoms with Crippen LogP contribution in [0.3, 0.4) is 0 Å². The van der Waals surface area contributed by atoms with E-state index in [2.05, 4.69) is 55.9 Å². The van der Waals surface area contributed by atoms with Gasteiger partial charge in [0.25, 0.3) is 0 Å². The van der Waals surface area contributed by atoms with Gasteiger partial charge in [0.05, 0.1) is 0 Å². The minimum atomic E-state index is -0.0355. The lowest BCUT2D eigenvalue weighted by Gasteiger charge is -2.39. The first-order valence-electron chi connectivity index (χ1n) is 7.67. The van der Waals surface area contributed by atoms with E-state index >= 15 is 0 Å². The van der Waals surface area contributed by atoms with Crippen LogP contribution in [0.1, 0.15) is 53.3 Å². The van der Waals surface area contributed by atoms with Gasteiger partial charge in [0.1, 0.15) is 17.5 Å². The van der Waals surface area contributed by atoms with Crippen LogP contribution in [-0.2, 0) is 5.41 Å². The van der Waals surface area contributed by atoms with Crippen LogP contribution < -0.4 is 10.2 Å². The van der Waals surface area contributed by atoms with E-state index in [0.29, 0.717) is 6.04 Å². The molecule has 0 radical (unpaired) electrons. The average molecular weight is 276 g/mol. The van der Waals surface area contributed by atoms with Crippen molar-refractivity contribution >= 4 is 11.6 Å². The zero-order valence-corrected chi connectivity index (χ0v) is 13.7. The van der Waals surface area contributed by atoms with Gasteiger partial charge in [-0.05, 0) is 25.7 Å². The summed E-state index contributed by atoms with van der Waals surface area (Å²) in [7, 11) is 1.92. The Morgan fingerprint density at radius 2 is 1.95 bits per heavy atom. The van der Waals surface area contributed by atoms with Gasteiger partial charge in [-0.2, -0.15) is 0 Å². The number of aromatic nitrogens is 2. The summed E-state index contributed by atoms with van der Waals surface area (Å²) in [6.07, 6.45) is 2.56. The van der Waals surface area contributed by atoms with Crippen molar-refractivity contribution in [3.05, 3.63) is 11.9 Å². The van der Waals surface area contributed by atoms with Crippen LogP contribution in [0.5, 0.6) is 0 Å². The lowest BCUT2D eigenvalue weighted by Crippen LogP contribution is -2.43. The summed E-state index contributed by atoms with van der Waals surface area (Å²) in [5.74, 6) is 3.60. The molecule has 20 heavy (non-hydrogen) atoms. The van der Waals surface area contributed by atoms with Crippen LogP contribution in [0.15, 0.2) is 6.07 Å². The maximum atomic E-state index is 4.84. The van der Waals surface area contributed by atoms with Crippen LogP contribution in [0, 0.1) is 5.92 Å². The van der Waals surface area contributed by atoms with Crippen molar-refractivity contribution in [1.29, 1.82) is 0 Å². The molecule has 1 saturated heterocycles. The minimum absolute atomic E-state index is 0.0355. The molecule has 4 nitrogen and oxygen atoms in total. The molecule has 2 unspecified atom stereocenters. The van der Waals surface area contributed by atoms with Crippen molar-refractivity contribution < 1.29 is 0 Å². The van der Waals surface area contributed by atoms with Crippen LogP contribution in [0.4, 0.5) is 11.6 Å². The summed E-state index contributed by atoms with van der Waals surface area (Å²) in [5, 5.41) is 3.17. The first-order valence-corrected chi connectivity index (χ1v) is 7.67. The highest BCUT2D eigenvalue weighted by Crippen LogP contribution is 2.30. The van der Waals surface area contributed by atoms with Crippen molar-refractivity contribution in [2.75, 3.05) is 23.8 Å². The molecule has 1 aliphatic heterocycles. The summed E-state index contributed by atoms with van der Waals surface area (Å²) in [4.78, 5) is 11.9. The van der Waals surface area contributed by atoms with Gasteiger partial charge in [-0.15, -0.1) is 0 Å². The monoisotopic (exact) mass is 276 g/mol. The molecule has 4 heteroatoms. The second kappa shape index (κ2) is 5.58. The van der Waals surface area contributed by atoms with Gasteiger partial charge >= 0.3 is 0 Å². The number of nitrogens with one attached hydrogen (secondary N) is 1. The van der Waals surface area contributed by atoms with E-state index in [1.807, 2.05) is 7.05 Å². The Balaban J connectivity index is 2.40. The molecule has 2 heterocycles. The highest BCUT2D eigenvalue weighted by molar-refractivity contribution is 5.50. The third kappa shape index (κ3) is 3.05. The Hall–Kier alpha value is -1.32. The van der Waals surface area contributed by atoms with E-state index in [9.17, 15) is 0 Å². The molecule has 0 aromatic carbocycles. The summed E-state index contributed by atoms with van der Waals surface area (Å²) < 4.78 is 0. The van der Waals surface area contributed by atoms with E-state index in [1.54, 1.807) is 0 Å². The predicted octanol–water partition coefficient (Wildman–Crippen LogP) is 3.44. The van der Waals surface area contributed by atoms with E-state index in [0.717, 1.165) is 29.9 Å². The molecule has 2 atom stereocenters. The quantitative estimate of drug-likeness (QED) is 0.898. The first kappa shape index (κ1) is 15.1. The van der Waals surface area contributed by atoms with Gasteiger partial charge in [0.2, 0.25) is 0 Å². The van der Waals surface area contributed by atoms with E-state index in [1.165, 1.54) is 12.8 Å². The zero-order valence-electron chi connectivity index (χ0n) is 13.7. The molecular formula is C16H28N4. The summed E-state index contributed by atoms with van der Waals surface area (Å²) in [6, 6.07) is 2.61. The minimum Gasteiger partial charge on any atom is -0.373 e. The predicted molar refractivity (Wildman–Crippen MR) is 85.5 cm³/mol. The van der Waals surface area contributed by atoms with Crippen LogP contribution in [-0.4, -0.2) is 29.6 Å². The molecule has 1 fully saturated rings. The summed E-state index contributed by atoms with van der Waals surface area (Å²) in [6.45, 7) is 12.2. The summed E-state index contributed by atoms with van der Waals surface area (Å²) in [5.41, 5.74) is -0.0355. The second-order valence-electron chi connectivity index (χ2n) is 6.99. The number of hydrogen-bond acceptors (Lipinski definition) is 4. The van der Waals surface area contributed by atoms with Crippen LogP contribution in [0.25, 0.3) is 0 Å². The van der Waals surface area contributed by atoms with Crippen LogP contribution in [0.2, 0.25) is 0 Å². The van der Waals surface area contributed by atoms with Gasteiger partial charge in [0.15, 0.2) is 0 Å². The largest absolute Gasteiger partial charge is 0.373 e. The standard InChI is InChI=1S/C16H28N4/c1-11-8-7-9-20(12(11)2)14-10-13(17-6)18-15(19-14)16(3,4)5/h10-12H,7-9H2,1-6H3,(H,17,18,19). The zero-order chi connectivity index (χ0) is 14.9. The lowest BCUT2D eigenvalue weighted by molar-refractivity contribution is 0.360. The molecule has 1 aromatic heterocycles. The molecule has 0 bridgehead atoms. The Kier molecular flexibility index (Phi) is 4.21. The topological polar surface area (TPSA) is 41.0 Å². The van der Waals surface area contributed by atoms with E-state index < -0.39 is 0 Å². The van der Waals surface area contributed by atoms with Crippen molar-refractivity contribution in [3.8, 4) is 0 Å². The number of hydrogen-bond donors (Lipinski definition) is 1. The van der Waals surface area contributed by atoms with Gasteiger partial charge in [-0.3, -0.25) is 0 Å². The number of anilines is 2. The van der Waals surface area contributed by atoms with E-state index in [-0.39, 0.29) is 5.41 Å². The third-order valence-corrected chi connectivity index (χ3v) is 4.31. The average Bonchev–Trinajstić information content (AvgIpc) is 2.40. The smallest absolute Gasteiger partial charge is 0.138 e. The fourth-order valence-electron chi connectivity index (χ4n) is 2.70. The third-order valence-electron chi connectivity index (χ3n) is 4.31. The molecule has 2 rings (SSSR count). The van der Waals surface area contributed by atoms with Crippen LogP contribution >= 0.6 is 0 Å². The fraction of sp³-hybridized carbons (Fsp3) is 0.750. The highest BCUT2D eigenvalue weighted by atomic mass is 15.2. The number of piperidine rings is 1. The normalized spacial score (nSPS) is 23.8. The van der Waals surface area contributed by atoms with Crippen molar-refractivity contribution in [3.63, 3.8) is 0 Å². The molecule has 1 N–H and O–H groups in total. The van der Waals surface area contributed by atoms with E-state index in [4.69, 9.17) is 4.98 Å². The molecule has 1 aromatic rings. The van der Waals surface area contributed by atoms with Gasteiger partial charge in [0, 0.05) is 31.1 Å². The molecule has 0 aliphatic carbocycles. The molecular weight excluding hydrogens is 248 g/mol. The fourth-order valence-corrected chi connectivity index (χ4v) is 2.70. The van der Waals surface area contributed by atoms with Crippen molar-refractivity contribution in [2.45, 2.75) is 58.9 Å². The molecule has 112 valence electrons. The maximum Gasteiger partial charge on any atom is 0.138 e. The number of nitrogens with zero attached hydrogens (tertiary/aromatic N) is 3. The van der Waals surface area contributed by atoms with Crippen molar-refractivity contribution in [2.24, 2.45) is 5.92 Å². The van der Waals surface area contributed by atoms with Crippen molar-refractivity contribution in [1.82, 2.24) is 9.97 Å². The summed E-state index contributed by atoms with van der Waals surface area (Å²) >= 11 is 0. The Bertz CT molecular complexity index is 464. The number of rotatable bonds is 2. The Labute approximate surface area is 123 Å². The molecule has 1 aliphatic rings. The molecule has 0 amide bonds. The Morgan fingerprint density at radius 1 is 1.25 bits per heavy atom. The Morgan fingerprint density at radius 3 is 2.55 bits per heavy atom. The first-order chi connectivity index (χ1) is 9.32. The van der Waals surface area contributed by atoms with Gasteiger partial charge in [-0.1, -0.05) is 27.7 Å². The second-order valence-corrected chi connectivity index (χ2v) is 6.99. The lowest BCUT2D eigenvalue weighted by atomic mass is 9.92. The SMILES string of the molecule is CNc1cc(N2CCCC(C)C2C)nc(C(C)(C)C)n1.